The number of methoxy groups -OCH3 is 1. The van der Waals surface area contributed by atoms with E-state index in [4.69, 9.17) is 10.5 Å². The SMILES string of the molecule is CCC1CN(C)CCCN1C(CN)COC. The Labute approximate surface area is 99.7 Å². The Morgan fingerprint density at radius 3 is 2.75 bits per heavy atom. The maximum atomic E-state index is 5.86. The number of nitrogens with two attached hydrogens (primary N) is 1. The molecule has 1 heterocycles. The Hall–Kier alpha value is -0.160. The summed E-state index contributed by atoms with van der Waals surface area (Å²) in [7, 11) is 3.97. The van der Waals surface area contributed by atoms with Crippen LogP contribution in [-0.2, 0) is 4.74 Å². The number of hydrogen-bond donors (Lipinski definition) is 1. The van der Waals surface area contributed by atoms with Crippen LogP contribution < -0.4 is 5.73 Å². The molecule has 0 aliphatic carbocycles. The van der Waals surface area contributed by atoms with Crippen molar-refractivity contribution in [3.63, 3.8) is 0 Å². The third-order valence-corrected chi connectivity index (χ3v) is 3.52. The fraction of sp³-hybridized carbons (Fsp3) is 1.00. The normalized spacial score (nSPS) is 26.6. The van der Waals surface area contributed by atoms with Crippen molar-refractivity contribution < 1.29 is 4.74 Å². The van der Waals surface area contributed by atoms with Gasteiger partial charge in [-0.3, -0.25) is 4.90 Å². The summed E-state index contributed by atoms with van der Waals surface area (Å²) in [5, 5.41) is 0. The van der Waals surface area contributed by atoms with E-state index in [2.05, 4.69) is 23.8 Å². The lowest BCUT2D eigenvalue weighted by Crippen LogP contribution is -2.50. The van der Waals surface area contributed by atoms with E-state index in [0.717, 1.165) is 19.7 Å². The van der Waals surface area contributed by atoms with Crippen molar-refractivity contribution in [2.75, 3.05) is 46.9 Å². The molecule has 1 fully saturated rings. The molecule has 4 heteroatoms. The van der Waals surface area contributed by atoms with Crippen LogP contribution in [0, 0.1) is 0 Å². The molecule has 1 rings (SSSR count). The number of rotatable bonds is 5. The van der Waals surface area contributed by atoms with Crippen molar-refractivity contribution in [1.29, 1.82) is 0 Å². The molecule has 0 aromatic carbocycles. The highest BCUT2D eigenvalue weighted by atomic mass is 16.5. The number of ether oxygens (including phenoxy) is 1. The Balaban J connectivity index is 2.65. The molecular formula is C12H27N3O. The van der Waals surface area contributed by atoms with E-state index in [1.807, 2.05) is 0 Å². The van der Waals surface area contributed by atoms with Gasteiger partial charge in [0.05, 0.1) is 6.61 Å². The van der Waals surface area contributed by atoms with Gasteiger partial charge in [0.15, 0.2) is 0 Å². The van der Waals surface area contributed by atoms with Gasteiger partial charge in [0.25, 0.3) is 0 Å². The number of nitrogens with zero attached hydrogens (tertiary/aromatic N) is 2. The second-order valence-corrected chi connectivity index (χ2v) is 4.76. The molecule has 0 bridgehead atoms. The molecule has 0 amide bonds. The topological polar surface area (TPSA) is 41.7 Å². The van der Waals surface area contributed by atoms with E-state index >= 15 is 0 Å². The van der Waals surface area contributed by atoms with E-state index in [9.17, 15) is 0 Å². The predicted octanol–water partition coefficient (Wildman–Crippen LogP) is 0.376. The van der Waals surface area contributed by atoms with Crippen LogP contribution in [0.15, 0.2) is 0 Å². The first-order valence-corrected chi connectivity index (χ1v) is 6.36. The van der Waals surface area contributed by atoms with E-state index < -0.39 is 0 Å². The summed E-state index contributed by atoms with van der Waals surface area (Å²) < 4.78 is 5.27. The van der Waals surface area contributed by atoms with E-state index in [1.165, 1.54) is 19.4 Å². The molecule has 16 heavy (non-hydrogen) atoms. The van der Waals surface area contributed by atoms with Gasteiger partial charge in [-0.2, -0.15) is 0 Å². The highest BCUT2D eigenvalue weighted by Crippen LogP contribution is 2.15. The zero-order chi connectivity index (χ0) is 12.0. The van der Waals surface area contributed by atoms with Gasteiger partial charge in [-0.15, -0.1) is 0 Å². The third-order valence-electron chi connectivity index (χ3n) is 3.52. The minimum Gasteiger partial charge on any atom is -0.383 e. The van der Waals surface area contributed by atoms with Crippen molar-refractivity contribution in [2.45, 2.75) is 31.8 Å². The molecule has 2 unspecified atom stereocenters. The smallest absolute Gasteiger partial charge is 0.0630 e. The highest BCUT2D eigenvalue weighted by molar-refractivity contribution is 4.83. The van der Waals surface area contributed by atoms with Crippen LogP contribution in [0.3, 0.4) is 0 Å². The van der Waals surface area contributed by atoms with Crippen LogP contribution >= 0.6 is 0 Å². The second-order valence-electron chi connectivity index (χ2n) is 4.76. The second kappa shape index (κ2) is 7.22. The van der Waals surface area contributed by atoms with Crippen LogP contribution in [0.1, 0.15) is 19.8 Å². The summed E-state index contributed by atoms with van der Waals surface area (Å²) in [6.45, 7) is 7.18. The number of likely N-dealkylation sites (N-methyl/N-ethyl adjacent to an activating group) is 1. The highest BCUT2D eigenvalue weighted by Gasteiger charge is 2.27. The zero-order valence-electron chi connectivity index (χ0n) is 11.0. The monoisotopic (exact) mass is 229 g/mol. The molecule has 0 spiro atoms. The van der Waals surface area contributed by atoms with Gasteiger partial charge in [-0.05, 0) is 26.4 Å². The Morgan fingerprint density at radius 1 is 1.44 bits per heavy atom. The fourth-order valence-corrected chi connectivity index (χ4v) is 2.60. The first kappa shape index (κ1) is 13.9. The van der Waals surface area contributed by atoms with Gasteiger partial charge < -0.3 is 15.4 Å². The fourth-order valence-electron chi connectivity index (χ4n) is 2.60. The average molecular weight is 229 g/mol. The van der Waals surface area contributed by atoms with Crippen LogP contribution in [0.2, 0.25) is 0 Å². The van der Waals surface area contributed by atoms with Crippen LogP contribution in [-0.4, -0.2) is 68.8 Å². The molecule has 2 N–H and O–H groups in total. The molecule has 2 atom stereocenters. The first-order chi connectivity index (χ1) is 7.72. The Bertz CT molecular complexity index is 189. The summed E-state index contributed by atoms with van der Waals surface area (Å²) in [4.78, 5) is 4.97. The molecule has 1 aliphatic rings. The van der Waals surface area contributed by atoms with Crippen LogP contribution in [0.5, 0.6) is 0 Å². The van der Waals surface area contributed by atoms with Gasteiger partial charge in [-0.1, -0.05) is 6.92 Å². The van der Waals surface area contributed by atoms with Crippen LogP contribution in [0.4, 0.5) is 0 Å². The van der Waals surface area contributed by atoms with Gasteiger partial charge >= 0.3 is 0 Å². The lowest BCUT2D eigenvalue weighted by molar-refractivity contribution is 0.0636. The standard InChI is InChI=1S/C12H27N3O/c1-4-11-9-14(2)6-5-7-15(11)12(8-13)10-16-3/h11-12H,4-10,13H2,1-3H3. The summed E-state index contributed by atoms with van der Waals surface area (Å²) in [5.41, 5.74) is 5.86. The molecule has 0 aromatic heterocycles. The molecule has 96 valence electrons. The van der Waals surface area contributed by atoms with Crippen molar-refractivity contribution >= 4 is 0 Å². The Kier molecular flexibility index (Phi) is 6.28. The zero-order valence-corrected chi connectivity index (χ0v) is 11.0. The maximum Gasteiger partial charge on any atom is 0.0630 e. The van der Waals surface area contributed by atoms with Crippen molar-refractivity contribution in [2.24, 2.45) is 5.73 Å². The van der Waals surface area contributed by atoms with Gasteiger partial charge in [-0.25, -0.2) is 0 Å². The summed E-state index contributed by atoms with van der Waals surface area (Å²) in [6, 6.07) is 0.998. The molecule has 1 aliphatic heterocycles. The van der Waals surface area contributed by atoms with Gasteiger partial charge in [0.1, 0.15) is 0 Å². The van der Waals surface area contributed by atoms with E-state index in [-0.39, 0.29) is 0 Å². The van der Waals surface area contributed by atoms with Crippen molar-refractivity contribution in [1.82, 2.24) is 9.80 Å². The molecular weight excluding hydrogens is 202 g/mol. The Morgan fingerprint density at radius 2 is 2.19 bits per heavy atom. The van der Waals surface area contributed by atoms with E-state index in [0.29, 0.717) is 18.6 Å². The van der Waals surface area contributed by atoms with Gasteiger partial charge in [0, 0.05) is 38.8 Å². The molecule has 0 radical (unpaired) electrons. The minimum atomic E-state index is 0.376. The molecule has 1 saturated heterocycles. The lowest BCUT2D eigenvalue weighted by atomic mass is 10.1. The van der Waals surface area contributed by atoms with E-state index in [1.54, 1.807) is 7.11 Å². The first-order valence-electron chi connectivity index (χ1n) is 6.36. The lowest BCUT2D eigenvalue weighted by Gasteiger charge is -2.36. The quantitative estimate of drug-likeness (QED) is 0.740. The largest absolute Gasteiger partial charge is 0.383 e. The average Bonchev–Trinajstić information content (AvgIpc) is 2.47. The number of hydrogen-bond acceptors (Lipinski definition) is 4. The summed E-state index contributed by atoms with van der Waals surface area (Å²) >= 11 is 0. The molecule has 0 aromatic rings. The maximum absolute atomic E-state index is 5.86. The summed E-state index contributed by atoms with van der Waals surface area (Å²) in [5.74, 6) is 0. The van der Waals surface area contributed by atoms with Crippen molar-refractivity contribution in [3.05, 3.63) is 0 Å². The van der Waals surface area contributed by atoms with Crippen molar-refractivity contribution in [3.8, 4) is 0 Å². The third kappa shape index (κ3) is 3.70. The van der Waals surface area contributed by atoms with Crippen LogP contribution in [0.25, 0.3) is 0 Å². The molecule has 0 saturated carbocycles. The summed E-state index contributed by atoms with van der Waals surface area (Å²) in [6.07, 6.45) is 2.41. The van der Waals surface area contributed by atoms with Gasteiger partial charge in [0.2, 0.25) is 0 Å². The predicted molar refractivity (Wildman–Crippen MR) is 67.6 cm³/mol. The minimum absolute atomic E-state index is 0.376. The molecule has 4 nitrogen and oxygen atoms in total.